The molecule has 4 N–H and O–H groups in total. The zero-order chi connectivity index (χ0) is 10.4. The molecule has 0 bridgehead atoms. The maximum atomic E-state index is 10.4. The number of nitrogens with two attached hydrogens (primary N) is 1. The van der Waals surface area contributed by atoms with Gasteiger partial charge in [-0.15, -0.1) is 0 Å². The highest BCUT2D eigenvalue weighted by Gasteiger charge is 2.15. The van der Waals surface area contributed by atoms with Gasteiger partial charge in [-0.3, -0.25) is 4.79 Å². The van der Waals surface area contributed by atoms with Crippen LogP contribution in [0.15, 0.2) is 0 Å². The van der Waals surface area contributed by atoms with Crippen LogP contribution in [0.1, 0.15) is 12.8 Å². The molecule has 1 aliphatic heterocycles. The molecule has 1 heterocycles. The lowest BCUT2D eigenvalue weighted by atomic mass is 10.1. The second kappa shape index (κ2) is 5.95. The molecule has 0 spiro atoms. The topological polar surface area (TPSA) is 84.6 Å². The van der Waals surface area contributed by atoms with E-state index in [1.807, 2.05) is 0 Å². The van der Waals surface area contributed by atoms with E-state index in [0.29, 0.717) is 12.5 Å². The Balaban J connectivity index is 1.95. The zero-order valence-corrected chi connectivity index (χ0v) is 8.24. The minimum Gasteiger partial charge on any atom is -0.480 e. The first-order valence-corrected chi connectivity index (χ1v) is 4.97. The first-order valence-electron chi connectivity index (χ1n) is 4.97. The van der Waals surface area contributed by atoms with E-state index in [9.17, 15) is 4.79 Å². The van der Waals surface area contributed by atoms with E-state index in [1.54, 1.807) is 0 Å². The summed E-state index contributed by atoms with van der Waals surface area (Å²) >= 11 is 0. The fraction of sp³-hybridized carbons (Fsp3) is 0.889. The standard InChI is InChI=1S/C9H18N2O3/c10-8(9(12)13)5-11-3-1-7-2-4-14-6-7/h7-8,11H,1-6,10H2,(H,12,13). The van der Waals surface area contributed by atoms with Crippen LogP contribution < -0.4 is 11.1 Å². The Morgan fingerprint density at radius 2 is 2.50 bits per heavy atom. The van der Waals surface area contributed by atoms with Crippen LogP contribution in [-0.2, 0) is 9.53 Å². The summed E-state index contributed by atoms with van der Waals surface area (Å²) < 4.78 is 5.23. The van der Waals surface area contributed by atoms with Crippen molar-refractivity contribution in [3.05, 3.63) is 0 Å². The number of carboxylic acids is 1. The molecule has 0 radical (unpaired) electrons. The van der Waals surface area contributed by atoms with Crippen LogP contribution in [0.25, 0.3) is 0 Å². The van der Waals surface area contributed by atoms with Crippen LogP contribution in [0.2, 0.25) is 0 Å². The summed E-state index contributed by atoms with van der Waals surface area (Å²) in [6.07, 6.45) is 2.15. The van der Waals surface area contributed by atoms with E-state index in [1.165, 1.54) is 0 Å². The van der Waals surface area contributed by atoms with Gasteiger partial charge in [-0.25, -0.2) is 0 Å². The third-order valence-electron chi connectivity index (χ3n) is 2.43. The molecule has 0 aromatic rings. The average Bonchev–Trinajstić information content (AvgIpc) is 2.64. The summed E-state index contributed by atoms with van der Waals surface area (Å²) in [5, 5.41) is 11.5. The fourth-order valence-corrected chi connectivity index (χ4v) is 1.46. The summed E-state index contributed by atoms with van der Waals surface area (Å²) in [7, 11) is 0. The molecule has 2 atom stereocenters. The summed E-state index contributed by atoms with van der Waals surface area (Å²) in [4.78, 5) is 10.4. The van der Waals surface area contributed by atoms with Crippen molar-refractivity contribution in [2.45, 2.75) is 18.9 Å². The molecular formula is C9H18N2O3. The molecule has 1 fully saturated rings. The van der Waals surface area contributed by atoms with Crippen molar-refractivity contribution in [1.29, 1.82) is 0 Å². The van der Waals surface area contributed by atoms with Crippen molar-refractivity contribution < 1.29 is 14.6 Å². The Hall–Kier alpha value is -0.650. The Labute approximate surface area is 83.6 Å². The van der Waals surface area contributed by atoms with E-state index in [2.05, 4.69) is 5.32 Å². The van der Waals surface area contributed by atoms with Gasteiger partial charge in [0.25, 0.3) is 0 Å². The van der Waals surface area contributed by atoms with Gasteiger partial charge in [-0.1, -0.05) is 0 Å². The lowest BCUT2D eigenvalue weighted by molar-refractivity contribution is -0.138. The van der Waals surface area contributed by atoms with Crippen LogP contribution in [0.3, 0.4) is 0 Å². The minimum atomic E-state index is -0.957. The second-order valence-electron chi connectivity index (χ2n) is 3.67. The number of nitrogens with one attached hydrogen (secondary N) is 1. The SMILES string of the molecule is NC(CNCCC1CCOC1)C(=O)O. The van der Waals surface area contributed by atoms with Gasteiger partial charge in [0.15, 0.2) is 0 Å². The van der Waals surface area contributed by atoms with Crippen molar-refractivity contribution in [1.82, 2.24) is 5.32 Å². The van der Waals surface area contributed by atoms with Crippen molar-refractivity contribution in [3.8, 4) is 0 Å². The summed E-state index contributed by atoms with van der Waals surface area (Å²) in [6, 6.07) is -0.796. The van der Waals surface area contributed by atoms with Crippen molar-refractivity contribution in [2.75, 3.05) is 26.3 Å². The van der Waals surface area contributed by atoms with Crippen LogP contribution in [-0.4, -0.2) is 43.4 Å². The van der Waals surface area contributed by atoms with Gasteiger partial charge in [0.1, 0.15) is 6.04 Å². The molecule has 0 aliphatic carbocycles. The molecule has 1 saturated heterocycles. The molecular weight excluding hydrogens is 184 g/mol. The molecule has 82 valence electrons. The summed E-state index contributed by atoms with van der Waals surface area (Å²) in [6.45, 7) is 2.85. The number of ether oxygens (including phenoxy) is 1. The highest BCUT2D eigenvalue weighted by molar-refractivity contribution is 5.73. The van der Waals surface area contributed by atoms with Gasteiger partial charge in [0, 0.05) is 19.8 Å². The third-order valence-corrected chi connectivity index (χ3v) is 2.43. The highest BCUT2D eigenvalue weighted by atomic mass is 16.5. The van der Waals surface area contributed by atoms with E-state index in [0.717, 1.165) is 32.6 Å². The van der Waals surface area contributed by atoms with Gasteiger partial charge < -0.3 is 20.9 Å². The van der Waals surface area contributed by atoms with Gasteiger partial charge in [0.05, 0.1) is 0 Å². The average molecular weight is 202 g/mol. The summed E-state index contributed by atoms with van der Waals surface area (Å²) in [5.74, 6) is -0.328. The number of aliphatic carboxylic acids is 1. The van der Waals surface area contributed by atoms with Crippen molar-refractivity contribution in [3.63, 3.8) is 0 Å². The largest absolute Gasteiger partial charge is 0.480 e. The van der Waals surface area contributed by atoms with Gasteiger partial charge in [-0.05, 0) is 25.3 Å². The first-order chi connectivity index (χ1) is 6.70. The summed E-state index contributed by atoms with van der Waals surface area (Å²) in [5.41, 5.74) is 5.32. The minimum absolute atomic E-state index is 0.336. The fourth-order valence-electron chi connectivity index (χ4n) is 1.46. The van der Waals surface area contributed by atoms with Crippen molar-refractivity contribution in [2.24, 2.45) is 11.7 Å². The van der Waals surface area contributed by atoms with Gasteiger partial charge >= 0.3 is 5.97 Å². The quantitative estimate of drug-likeness (QED) is 0.501. The predicted molar refractivity (Wildman–Crippen MR) is 52.0 cm³/mol. The lowest BCUT2D eigenvalue weighted by Crippen LogP contribution is -2.40. The smallest absolute Gasteiger partial charge is 0.321 e. The number of rotatable bonds is 6. The molecule has 1 aliphatic rings. The van der Waals surface area contributed by atoms with E-state index in [4.69, 9.17) is 15.6 Å². The molecule has 0 aromatic heterocycles. The molecule has 1 rings (SSSR count). The van der Waals surface area contributed by atoms with Gasteiger partial charge in [-0.2, -0.15) is 0 Å². The van der Waals surface area contributed by atoms with E-state index >= 15 is 0 Å². The third kappa shape index (κ3) is 4.04. The van der Waals surface area contributed by atoms with E-state index in [-0.39, 0.29) is 0 Å². The molecule has 0 aromatic carbocycles. The van der Waals surface area contributed by atoms with Crippen LogP contribution in [0.5, 0.6) is 0 Å². The number of hydrogen-bond acceptors (Lipinski definition) is 4. The molecule has 5 nitrogen and oxygen atoms in total. The number of hydrogen-bond donors (Lipinski definition) is 3. The predicted octanol–water partition coefficient (Wildman–Crippen LogP) is -0.586. The normalized spacial score (nSPS) is 23.6. The molecule has 2 unspecified atom stereocenters. The van der Waals surface area contributed by atoms with Crippen LogP contribution >= 0.6 is 0 Å². The van der Waals surface area contributed by atoms with Gasteiger partial charge in [0.2, 0.25) is 0 Å². The molecule has 0 amide bonds. The van der Waals surface area contributed by atoms with E-state index < -0.39 is 12.0 Å². The maximum absolute atomic E-state index is 10.4. The van der Waals surface area contributed by atoms with Crippen molar-refractivity contribution >= 4 is 5.97 Å². The number of carbonyl (C=O) groups is 1. The maximum Gasteiger partial charge on any atom is 0.321 e. The highest BCUT2D eigenvalue weighted by Crippen LogP contribution is 2.14. The second-order valence-corrected chi connectivity index (χ2v) is 3.67. The van der Waals surface area contributed by atoms with Crippen LogP contribution in [0.4, 0.5) is 0 Å². The Morgan fingerprint density at radius 3 is 3.07 bits per heavy atom. The number of carboxylic acid groups (broad SMARTS) is 1. The first kappa shape index (κ1) is 11.4. The Bertz CT molecular complexity index is 181. The molecule has 14 heavy (non-hydrogen) atoms. The Morgan fingerprint density at radius 1 is 1.71 bits per heavy atom. The molecule has 5 heteroatoms. The molecule has 0 saturated carbocycles. The zero-order valence-electron chi connectivity index (χ0n) is 8.24. The van der Waals surface area contributed by atoms with Crippen LogP contribution in [0, 0.1) is 5.92 Å². The lowest BCUT2D eigenvalue weighted by Gasteiger charge is -2.10. The Kier molecular flexibility index (Phi) is 4.86. The monoisotopic (exact) mass is 202 g/mol.